The third kappa shape index (κ3) is 2.92. The van der Waals surface area contributed by atoms with Crippen molar-refractivity contribution in [3.8, 4) is 5.75 Å². The molecule has 6 heteroatoms. The molecule has 2 heterocycles. The van der Waals surface area contributed by atoms with Gasteiger partial charge in [0.05, 0.1) is 18.8 Å². The van der Waals surface area contributed by atoms with Crippen LogP contribution >= 0.6 is 0 Å². The van der Waals surface area contributed by atoms with Crippen molar-refractivity contribution < 1.29 is 9.26 Å². The van der Waals surface area contributed by atoms with Crippen LogP contribution in [0.15, 0.2) is 28.8 Å². The molecule has 1 aliphatic rings. The minimum absolute atomic E-state index is 0.154. The number of methoxy groups -OCH3 is 1. The number of piperazine rings is 1. The number of rotatable bonds is 4. The number of benzene rings is 1. The topological polar surface area (TPSA) is 54.6 Å². The second-order valence-corrected chi connectivity index (χ2v) is 5.55. The molecule has 0 radical (unpaired) electrons. The van der Waals surface area contributed by atoms with Crippen molar-refractivity contribution in [1.82, 2.24) is 15.0 Å². The second-order valence-electron chi connectivity index (χ2n) is 5.55. The maximum atomic E-state index is 5.46. The van der Waals surface area contributed by atoms with Crippen LogP contribution in [0.1, 0.15) is 24.7 Å². The number of hydrogen-bond donors (Lipinski definition) is 0. The van der Waals surface area contributed by atoms with Crippen LogP contribution in [-0.2, 0) is 0 Å². The lowest BCUT2D eigenvalue weighted by Crippen LogP contribution is -2.47. The lowest BCUT2D eigenvalue weighted by molar-refractivity contribution is 0.164. The van der Waals surface area contributed by atoms with E-state index < -0.39 is 0 Å². The van der Waals surface area contributed by atoms with Gasteiger partial charge in [0.1, 0.15) is 5.75 Å². The van der Waals surface area contributed by atoms with Crippen LogP contribution in [0.2, 0.25) is 0 Å². The number of hydrogen-bond acceptors (Lipinski definition) is 6. The van der Waals surface area contributed by atoms with Crippen molar-refractivity contribution in [2.45, 2.75) is 19.9 Å². The summed E-state index contributed by atoms with van der Waals surface area (Å²) in [7, 11) is 1.72. The monoisotopic (exact) mass is 302 g/mol. The summed E-state index contributed by atoms with van der Waals surface area (Å²) in [5.41, 5.74) is 1.16. The van der Waals surface area contributed by atoms with Gasteiger partial charge in [0.25, 0.3) is 0 Å². The Labute approximate surface area is 130 Å². The molecule has 0 N–H and O–H groups in total. The van der Waals surface area contributed by atoms with Gasteiger partial charge in [-0.2, -0.15) is 4.98 Å². The van der Waals surface area contributed by atoms with Crippen LogP contribution in [0.25, 0.3) is 0 Å². The van der Waals surface area contributed by atoms with E-state index in [0.29, 0.717) is 11.7 Å². The summed E-state index contributed by atoms with van der Waals surface area (Å²) in [6.07, 6.45) is 0. The van der Waals surface area contributed by atoms with Gasteiger partial charge in [-0.1, -0.05) is 17.3 Å². The third-order valence-corrected chi connectivity index (χ3v) is 4.19. The number of anilines is 1. The number of aryl methyl sites for hydroxylation is 1. The largest absolute Gasteiger partial charge is 0.495 e. The van der Waals surface area contributed by atoms with Crippen molar-refractivity contribution in [3.63, 3.8) is 0 Å². The van der Waals surface area contributed by atoms with E-state index in [4.69, 9.17) is 9.26 Å². The minimum atomic E-state index is 0.154. The van der Waals surface area contributed by atoms with Gasteiger partial charge in [-0.25, -0.2) is 0 Å². The van der Waals surface area contributed by atoms with Gasteiger partial charge < -0.3 is 14.2 Å². The molecule has 1 atom stereocenters. The van der Waals surface area contributed by atoms with Gasteiger partial charge in [0, 0.05) is 26.2 Å². The van der Waals surface area contributed by atoms with Crippen LogP contribution in [0.4, 0.5) is 5.69 Å². The Hall–Kier alpha value is -2.08. The van der Waals surface area contributed by atoms with Crippen molar-refractivity contribution in [2.75, 3.05) is 38.2 Å². The van der Waals surface area contributed by atoms with E-state index in [1.54, 1.807) is 7.11 Å². The van der Waals surface area contributed by atoms with Gasteiger partial charge in [-0.3, -0.25) is 4.90 Å². The number of para-hydroxylation sites is 2. The summed E-state index contributed by atoms with van der Waals surface area (Å²) in [6, 6.07) is 8.32. The quantitative estimate of drug-likeness (QED) is 0.863. The molecule has 0 bridgehead atoms. The average Bonchev–Trinajstić information content (AvgIpc) is 3.01. The molecule has 1 saturated heterocycles. The van der Waals surface area contributed by atoms with Crippen molar-refractivity contribution in [2.24, 2.45) is 0 Å². The molecule has 1 fully saturated rings. The predicted octanol–water partition coefficient (Wildman–Crippen LogP) is 2.27. The SMILES string of the molecule is COc1ccccc1N1CCN(C(C)c2nc(C)no2)CC1. The molecule has 1 aliphatic heterocycles. The molecule has 22 heavy (non-hydrogen) atoms. The van der Waals surface area contributed by atoms with Crippen molar-refractivity contribution >= 4 is 5.69 Å². The smallest absolute Gasteiger partial charge is 0.243 e. The maximum Gasteiger partial charge on any atom is 0.243 e. The molecule has 0 aliphatic carbocycles. The molecule has 3 rings (SSSR count). The fourth-order valence-corrected chi connectivity index (χ4v) is 2.88. The molecule has 0 amide bonds. The first-order valence-electron chi connectivity index (χ1n) is 7.61. The zero-order chi connectivity index (χ0) is 15.5. The molecule has 6 nitrogen and oxygen atoms in total. The van der Waals surface area contributed by atoms with Gasteiger partial charge in [-0.15, -0.1) is 0 Å². The first kappa shape index (κ1) is 14.8. The summed E-state index contributed by atoms with van der Waals surface area (Å²) in [5.74, 6) is 2.31. The van der Waals surface area contributed by atoms with Crippen molar-refractivity contribution in [3.05, 3.63) is 36.0 Å². The Morgan fingerprint density at radius 3 is 2.55 bits per heavy atom. The molecule has 1 aromatic carbocycles. The van der Waals surface area contributed by atoms with E-state index in [9.17, 15) is 0 Å². The Balaban J connectivity index is 1.65. The first-order valence-corrected chi connectivity index (χ1v) is 7.61. The Bertz CT molecular complexity index is 620. The molecule has 0 spiro atoms. The highest BCUT2D eigenvalue weighted by molar-refractivity contribution is 5.58. The highest BCUT2D eigenvalue weighted by Gasteiger charge is 2.26. The highest BCUT2D eigenvalue weighted by atomic mass is 16.5. The first-order chi connectivity index (χ1) is 10.7. The van der Waals surface area contributed by atoms with E-state index in [2.05, 4.69) is 32.9 Å². The highest BCUT2D eigenvalue weighted by Crippen LogP contribution is 2.29. The number of ether oxygens (including phenoxy) is 1. The van der Waals surface area contributed by atoms with Gasteiger partial charge in [0.2, 0.25) is 5.89 Å². The summed E-state index contributed by atoms with van der Waals surface area (Å²) in [5, 5.41) is 3.88. The average molecular weight is 302 g/mol. The zero-order valence-corrected chi connectivity index (χ0v) is 13.3. The fraction of sp³-hybridized carbons (Fsp3) is 0.500. The lowest BCUT2D eigenvalue weighted by atomic mass is 10.2. The normalized spacial score (nSPS) is 17.5. The van der Waals surface area contributed by atoms with Crippen molar-refractivity contribution in [1.29, 1.82) is 0 Å². The predicted molar refractivity (Wildman–Crippen MR) is 84.2 cm³/mol. The molecule has 0 saturated carbocycles. The van der Waals surface area contributed by atoms with E-state index >= 15 is 0 Å². The fourth-order valence-electron chi connectivity index (χ4n) is 2.88. The van der Waals surface area contributed by atoms with E-state index in [-0.39, 0.29) is 6.04 Å². The molecular weight excluding hydrogens is 280 g/mol. The molecule has 1 unspecified atom stereocenters. The van der Waals surface area contributed by atoms with Gasteiger partial charge in [0.15, 0.2) is 5.82 Å². The Morgan fingerprint density at radius 1 is 1.18 bits per heavy atom. The van der Waals surface area contributed by atoms with Crippen LogP contribution in [0.3, 0.4) is 0 Å². The summed E-state index contributed by atoms with van der Waals surface area (Å²) in [4.78, 5) is 9.07. The minimum Gasteiger partial charge on any atom is -0.495 e. The Kier molecular flexibility index (Phi) is 4.29. The number of nitrogens with zero attached hydrogens (tertiary/aromatic N) is 4. The van der Waals surface area contributed by atoms with Crippen LogP contribution in [0, 0.1) is 6.92 Å². The second kappa shape index (κ2) is 6.36. The van der Waals surface area contributed by atoms with Crippen LogP contribution < -0.4 is 9.64 Å². The van der Waals surface area contributed by atoms with E-state index in [1.807, 2.05) is 25.1 Å². The molecule has 118 valence electrons. The standard InChI is InChI=1S/C16H22N4O2/c1-12(16-17-13(2)18-22-16)19-8-10-20(11-9-19)14-6-4-5-7-15(14)21-3/h4-7,12H,8-11H2,1-3H3. The molecular formula is C16H22N4O2. The summed E-state index contributed by atoms with van der Waals surface area (Å²) in [6.45, 7) is 7.79. The van der Waals surface area contributed by atoms with E-state index in [0.717, 1.165) is 37.6 Å². The Morgan fingerprint density at radius 2 is 1.91 bits per heavy atom. The maximum absolute atomic E-state index is 5.46. The van der Waals surface area contributed by atoms with Crippen LogP contribution in [-0.4, -0.2) is 48.3 Å². The van der Waals surface area contributed by atoms with Crippen LogP contribution in [0.5, 0.6) is 5.75 Å². The lowest BCUT2D eigenvalue weighted by Gasteiger charge is -2.38. The van der Waals surface area contributed by atoms with Gasteiger partial charge in [-0.05, 0) is 26.0 Å². The molecule has 2 aromatic rings. The number of aromatic nitrogens is 2. The molecule has 1 aromatic heterocycles. The summed E-state index contributed by atoms with van der Waals surface area (Å²) >= 11 is 0. The third-order valence-electron chi connectivity index (χ3n) is 4.19. The van der Waals surface area contributed by atoms with E-state index in [1.165, 1.54) is 0 Å². The van der Waals surface area contributed by atoms with Gasteiger partial charge >= 0.3 is 0 Å². The zero-order valence-electron chi connectivity index (χ0n) is 13.3. The summed E-state index contributed by atoms with van der Waals surface area (Å²) < 4.78 is 10.7.